The summed E-state index contributed by atoms with van der Waals surface area (Å²) in [6.07, 6.45) is 6.58. The third kappa shape index (κ3) is 3.31. The van der Waals surface area contributed by atoms with Gasteiger partial charge < -0.3 is 9.88 Å². The first-order valence-electron chi connectivity index (χ1n) is 11.5. The fourth-order valence-electron chi connectivity index (χ4n) is 6.25. The van der Waals surface area contributed by atoms with Gasteiger partial charge in [0.2, 0.25) is 0 Å². The molecule has 1 atom stereocenters. The maximum atomic E-state index is 13.7. The highest BCUT2D eigenvalue weighted by Crippen LogP contribution is 2.68. The second kappa shape index (κ2) is 6.97. The van der Waals surface area contributed by atoms with Gasteiger partial charge in [0.1, 0.15) is 5.82 Å². The van der Waals surface area contributed by atoms with E-state index in [9.17, 15) is 21.6 Å². The van der Waals surface area contributed by atoms with Gasteiger partial charge in [-0.15, -0.1) is 0 Å². The lowest BCUT2D eigenvalue weighted by Crippen LogP contribution is -2.66. The third-order valence-electron chi connectivity index (χ3n) is 8.12. The van der Waals surface area contributed by atoms with Crippen molar-refractivity contribution >= 4 is 15.7 Å². The van der Waals surface area contributed by atoms with Crippen LogP contribution in [0.5, 0.6) is 0 Å². The Balaban J connectivity index is 1.50. The number of hydrogen-bond acceptors (Lipinski definition) is 4. The molecule has 2 heterocycles. The molecule has 4 saturated carbocycles. The van der Waals surface area contributed by atoms with Gasteiger partial charge in [-0.3, -0.25) is 0 Å². The molecule has 4 fully saturated rings. The van der Waals surface area contributed by atoms with Gasteiger partial charge in [0, 0.05) is 24.8 Å². The van der Waals surface area contributed by atoms with E-state index in [4.69, 9.17) is 0 Å². The maximum Gasteiger partial charge on any atom is 0.511 e. The van der Waals surface area contributed by atoms with Crippen LogP contribution in [-0.2, 0) is 23.1 Å². The number of anilines is 1. The number of sulfonamides is 1. The quantitative estimate of drug-likeness (QED) is 0.687. The van der Waals surface area contributed by atoms with E-state index in [0.29, 0.717) is 16.8 Å². The molecule has 1 aliphatic heterocycles. The molecular formula is C23H27F3N4O2S. The number of H-pyrrole nitrogens is 1. The number of aromatic nitrogens is 2. The number of nitrogens with one attached hydrogen (secondary N) is 1. The molecule has 33 heavy (non-hydrogen) atoms. The highest BCUT2D eigenvalue weighted by atomic mass is 32.2. The van der Waals surface area contributed by atoms with Gasteiger partial charge in [0.05, 0.1) is 18.4 Å². The SMILES string of the molecule is Cc1ncc(CN2c3cccc(C4CC4)c3CN(S(=O)(=O)C(F)(F)F)C[C@@H]2C23CC(C2)C3)[nH]1. The number of aryl methyl sites for hydroxylation is 1. The Morgan fingerprint density at radius 2 is 1.94 bits per heavy atom. The molecule has 1 aromatic carbocycles. The summed E-state index contributed by atoms with van der Waals surface area (Å²) < 4.78 is 67.2. The van der Waals surface area contributed by atoms with Crippen LogP contribution in [0.25, 0.3) is 0 Å². The van der Waals surface area contributed by atoms with Gasteiger partial charge >= 0.3 is 15.5 Å². The van der Waals surface area contributed by atoms with Crippen molar-refractivity contribution in [2.75, 3.05) is 11.4 Å². The van der Waals surface area contributed by atoms with E-state index in [0.717, 1.165) is 60.4 Å². The molecule has 0 saturated heterocycles. The molecule has 10 heteroatoms. The molecule has 0 radical (unpaired) electrons. The number of rotatable bonds is 5. The number of hydrogen-bond donors (Lipinski definition) is 1. The normalized spacial score (nSPS) is 29.8. The Labute approximate surface area is 191 Å². The molecule has 0 unspecified atom stereocenters. The second-order valence-corrected chi connectivity index (χ2v) is 12.3. The first-order valence-corrected chi connectivity index (χ1v) is 13.0. The summed E-state index contributed by atoms with van der Waals surface area (Å²) in [6.45, 7) is 1.93. The molecule has 1 N–H and O–H groups in total. The fraction of sp³-hybridized carbons (Fsp3) is 0.609. The van der Waals surface area contributed by atoms with Gasteiger partial charge in [-0.25, -0.2) is 13.4 Å². The van der Waals surface area contributed by atoms with E-state index in [1.165, 1.54) is 0 Å². The molecule has 0 spiro atoms. The van der Waals surface area contributed by atoms with E-state index in [1.54, 1.807) is 6.20 Å². The summed E-state index contributed by atoms with van der Waals surface area (Å²) in [4.78, 5) is 9.72. The predicted octanol–water partition coefficient (Wildman–Crippen LogP) is 4.44. The largest absolute Gasteiger partial charge is 0.511 e. The zero-order valence-corrected chi connectivity index (χ0v) is 19.2. The van der Waals surface area contributed by atoms with E-state index >= 15 is 0 Å². The highest BCUT2D eigenvalue weighted by Gasteiger charge is 2.63. The second-order valence-electron chi connectivity index (χ2n) is 10.3. The van der Waals surface area contributed by atoms with Gasteiger partial charge in [0.25, 0.3) is 0 Å². The van der Waals surface area contributed by atoms with E-state index in [-0.39, 0.29) is 30.5 Å². The maximum absolute atomic E-state index is 13.7. The number of fused-ring (bicyclic) bond motifs is 1. The van der Waals surface area contributed by atoms with Gasteiger partial charge in [-0.1, -0.05) is 12.1 Å². The van der Waals surface area contributed by atoms with Crippen molar-refractivity contribution in [3.8, 4) is 0 Å². The van der Waals surface area contributed by atoms with Crippen LogP contribution < -0.4 is 4.90 Å². The van der Waals surface area contributed by atoms with Crippen LogP contribution in [0.4, 0.5) is 18.9 Å². The predicted molar refractivity (Wildman–Crippen MR) is 117 cm³/mol. The van der Waals surface area contributed by atoms with Crippen molar-refractivity contribution in [3.63, 3.8) is 0 Å². The summed E-state index contributed by atoms with van der Waals surface area (Å²) in [5, 5.41) is 0. The van der Waals surface area contributed by atoms with Crippen LogP contribution in [0.3, 0.4) is 0 Å². The Kier molecular flexibility index (Phi) is 4.54. The highest BCUT2D eigenvalue weighted by molar-refractivity contribution is 7.89. The Bertz CT molecular complexity index is 1190. The molecule has 1 aromatic heterocycles. The van der Waals surface area contributed by atoms with Gasteiger partial charge in [-0.05, 0) is 73.5 Å². The smallest absolute Gasteiger partial charge is 0.361 e. The number of alkyl halides is 3. The number of nitrogens with zero attached hydrogens (tertiary/aromatic N) is 3. The molecule has 178 valence electrons. The zero-order valence-electron chi connectivity index (χ0n) is 18.4. The van der Waals surface area contributed by atoms with Gasteiger partial charge in [0.15, 0.2) is 0 Å². The minimum Gasteiger partial charge on any atom is -0.361 e. The molecule has 0 amide bonds. The molecule has 5 aliphatic rings. The van der Waals surface area contributed by atoms with Gasteiger partial charge in [-0.2, -0.15) is 17.5 Å². The molecule has 2 bridgehead atoms. The van der Waals surface area contributed by atoms with Crippen molar-refractivity contribution in [3.05, 3.63) is 47.0 Å². The Morgan fingerprint density at radius 3 is 2.48 bits per heavy atom. The number of imidazole rings is 1. The lowest BCUT2D eigenvalue weighted by Gasteiger charge is -2.67. The van der Waals surface area contributed by atoms with Crippen LogP contribution >= 0.6 is 0 Å². The average Bonchev–Trinajstić information content (AvgIpc) is 3.45. The molecular weight excluding hydrogens is 453 g/mol. The average molecular weight is 481 g/mol. The van der Waals surface area contributed by atoms with E-state index < -0.39 is 15.5 Å². The van der Waals surface area contributed by atoms with Crippen molar-refractivity contribution in [1.82, 2.24) is 14.3 Å². The number of aromatic amines is 1. The zero-order chi connectivity index (χ0) is 23.2. The lowest BCUT2D eigenvalue weighted by molar-refractivity contribution is -0.129. The van der Waals surface area contributed by atoms with Crippen LogP contribution in [0.15, 0.2) is 24.4 Å². The van der Waals surface area contributed by atoms with E-state index in [1.807, 2.05) is 25.1 Å². The van der Waals surface area contributed by atoms with Crippen molar-refractivity contribution in [2.24, 2.45) is 11.3 Å². The first-order chi connectivity index (χ1) is 15.6. The van der Waals surface area contributed by atoms with Crippen LogP contribution in [-0.4, -0.2) is 40.8 Å². The van der Waals surface area contributed by atoms with Crippen molar-refractivity contribution < 1.29 is 21.6 Å². The number of halogens is 3. The number of benzene rings is 1. The topological polar surface area (TPSA) is 69.3 Å². The summed E-state index contributed by atoms with van der Waals surface area (Å²) in [5.41, 5.74) is -2.00. The van der Waals surface area contributed by atoms with Crippen LogP contribution in [0, 0.1) is 18.3 Å². The molecule has 4 aliphatic carbocycles. The molecule has 7 rings (SSSR count). The Morgan fingerprint density at radius 1 is 1.21 bits per heavy atom. The third-order valence-corrected chi connectivity index (χ3v) is 9.67. The Hall–Kier alpha value is -2.07. The monoisotopic (exact) mass is 480 g/mol. The summed E-state index contributed by atoms with van der Waals surface area (Å²) >= 11 is 0. The molecule has 2 aromatic rings. The summed E-state index contributed by atoms with van der Waals surface area (Å²) in [6, 6.07) is 5.55. The van der Waals surface area contributed by atoms with E-state index in [2.05, 4.69) is 14.9 Å². The summed E-state index contributed by atoms with van der Waals surface area (Å²) in [5.74, 6) is 1.68. The lowest BCUT2D eigenvalue weighted by atomic mass is 9.41. The summed E-state index contributed by atoms with van der Waals surface area (Å²) in [7, 11) is -5.45. The van der Waals surface area contributed by atoms with Crippen LogP contribution in [0.1, 0.15) is 60.7 Å². The van der Waals surface area contributed by atoms with Crippen LogP contribution in [0.2, 0.25) is 0 Å². The molecule has 6 nitrogen and oxygen atoms in total. The minimum absolute atomic E-state index is 0.129. The minimum atomic E-state index is -5.45. The first kappa shape index (κ1) is 21.5. The fourth-order valence-corrected chi connectivity index (χ4v) is 7.18. The van der Waals surface area contributed by atoms with Crippen molar-refractivity contribution in [1.29, 1.82) is 0 Å². The van der Waals surface area contributed by atoms with Crippen molar-refractivity contribution in [2.45, 2.75) is 69.6 Å². The standard InChI is InChI=1S/C23H27F3N4O2S/c1-14-27-10-17(28-14)11-30-20-4-2-3-18(16-5-6-16)19(20)12-29(33(31,32)23(24,25)26)13-21(30)22-7-15(8-22)9-22/h2-4,10,15-16,21H,5-9,11-13H2,1H3,(H,27,28)/t15?,21-,22?/m1/s1.